The lowest BCUT2D eigenvalue weighted by Gasteiger charge is -2.12. The molecule has 0 fully saturated rings. The van der Waals surface area contributed by atoms with Crippen molar-refractivity contribution < 1.29 is 19.0 Å². The molecule has 1 N–H and O–H groups in total. The summed E-state index contributed by atoms with van der Waals surface area (Å²) in [6, 6.07) is 10.8. The highest BCUT2D eigenvalue weighted by Crippen LogP contribution is 2.37. The van der Waals surface area contributed by atoms with Crippen molar-refractivity contribution in [2.75, 3.05) is 21.3 Å². The first-order chi connectivity index (χ1) is 11.6. The topological polar surface area (TPSA) is 69.2 Å². The van der Waals surface area contributed by atoms with Gasteiger partial charge in [-0.05, 0) is 46.9 Å². The van der Waals surface area contributed by atoms with Gasteiger partial charge in [-0.15, -0.1) is 0 Å². The maximum absolute atomic E-state index is 12.1. The van der Waals surface area contributed by atoms with E-state index in [0.29, 0.717) is 28.4 Å². The number of ether oxygens (including phenoxy) is 3. The monoisotopic (exact) mass is 440 g/mol. The number of carbonyl (C=O) groups excluding carboxylic acids is 1. The standard InChI is InChI=1S/C17H17IN2O4/c1-22-14-8-11(9-15(23-2)16(14)24-3)10-19-20-17(21)12-6-4-5-7-13(12)18/h4-10H,1-3H3,(H,20,21). The van der Waals surface area contributed by atoms with Crippen molar-refractivity contribution in [1.82, 2.24) is 5.43 Å². The SMILES string of the molecule is COc1cc(C=NNC(=O)c2ccccc2I)cc(OC)c1OC. The second-order valence-corrected chi connectivity index (χ2v) is 5.80. The first kappa shape index (κ1) is 18.1. The van der Waals surface area contributed by atoms with Crippen LogP contribution >= 0.6 is 22.6 Å². The molecule has 0 unspecified atom stereocenters. The van der Waals surface area contributed by atoms with Gasteiger partial charge in [0, 0.05) is 9.13 Å². The number of hydrazone groups is 1. The van der Waals surface area contributed by atoms with E-state index in [1.807, 2.05) is 12.1 Å². The number of carbonyl (C=O) groups is 1. The smallest absolute Gasteiger partial charge is 0.272 e. The summed E-state index contributed by atoms with van der Waals surface area (Å²) in [6.45, 7) is 0. The van der Waals surface area contributed by atoms with Crippen LogP contribution in [0.1, 0.15) is 15.9 Å². The highest BCUT2D eigenvalue weighted by Gasteiger charge is 2.12. The summed E-state index contributed by atoms with van der Waals surface area (Å²) in [7, 11) is 4.62. The van der Waals surface area contributed by atoms with Crippen LogP contribution in [0.3, 0.4) is 0 Å². The van der Waals surface area contributed by atoms with Crippen LogP contribution in [-0.4, -0.2) is 33.5 Å². The minimum atomic E-state index is -0.274. The first-order valence-corrected chi connectivity index (χ1v) is 8.06. The van der Waals surface area contributed by atoms with E-state index >= 15 is 0 Å². The van der Waals surface area contributed by atoms with Crippen molar-refractivity contribution in [2.24, 2.45) is 5.10 Å². The van der Waals surface area contributed by atoms with E-state index in [-0.39, 0.29) is 5.91 Å². The summed E-state index contributed by atoms with van der Waals surface area (Å²) >= 11 is 2.11. The molecular formula is C17H17IN2O4. The summed E-state index contributed by atoms with van der Waals surface area (Å²) < 4.78 is 16.7. The lowest BCUT2D eigenvalue weighted by molar-refractivity contribution is 0.0954. The number of hydrogen-bond acceptors (Lipinski definition) is 5. The van der Waals surface area contributed by atoms with Crippen LogP contribution in [-0.2, 0) is 0 Å². The van der Waals surface area contributed by atoms with Gasteiger partial charge in [-0.1, -0.05) is 12.1 Å². The Kier molecular flexibility index (Phi) is 6.42. The number of nitrogens with zero attached hydrogens (tertiary/aromatic N) is 1. The summed E-state index contributed by atoms with van der Waals surface area (Å²) in [5.74, 6) is 1.26. The van der Waals surface area contributed by atoms with E-state index in [2.05, 4.69) is 33.1 Å². The number of hydrogen-bond donors (Lipinski definition) is 1. The highest BCUT2D eigenvalue weighted by molar-refractivity contribution is 14.1. The second-order valence-electron chi connectivity index (χ2n) is 4.64. The Bertz CT molecular complexity index is 737. The van der Waals surface area contributed by atoms with Crippen LogP contribution in [0.15, 0.2) is 41.5 Å². The van der Waals surface area contributed by atoms with Gasteiger partial charge < -0.3 is 14.2 Å². The Balaban J connectivity index is 2.17. The Morgan fingerprint density at radius 2 is 1.71 bits per heavy atom. The van der Waals surface area contributed by atoms with Crippen molar-refractivity contribution in [1.29, 1.82) is 0 Å². The van der Waals surface area contributed by atoms with Crippen molar-refractivity contribution in [2.45, 2.75) is 0 Å². The second kappa shape index (κ2) is 8.53. The molecule has 0 saturated carbocycles. The van der Waals surface area contributed by atoms with Gasteiger partial charge in [0.25, 0.3) is 5.91 Å². The van der Waals surface area contributed by atoms with E-state index in [1.54, 1.807) is 24.3 Å². The molecule has 1 amide bonds. The van der Waals surface area contributed by atoms with E-state index in [4.69, 9.17) is 14.2 Å². The quantitative estimate of drug-likeness (QED) is 0.426. The predicted molar refractivity (Wildman–Crippen MR) is 100 cm³/mol. The van der Waals surface area contributed by atoms with Crippen LogP contribution in [0.2, 0.25) is 0 Å². The first-order valence-electron chi connectivity index (χ1n) is 6.98. The van der Waals surface area contributed by atoms with Crippen LogP contribution < -0.4 is 19.6 Å². The fourth-order valence-corrected chi connectivity index (χ4v) is 2.68. The van der Waals surface area contributed by atoms with Gasteiger partial charge in [0.05, 0.1) is 33.1 Å². The summed E-state index contributed by atoms with van der Waals surface area (Å²) in [5, 5.41) is 3.99. The molecule has 0 aromatic heterocycles. The molecule has 2 rings (SSSR count). The molecule has 0 aliphatic rings. The molecule has 0 spiro atoms. The van der Waals surface area contributed by atoms with Crippen LogP contribution in [0.4, 0.5) is 0 Å². The number of nitrogens with one attached hydrogen (secondary N) is 1. The highest BCUT2D eigenvalue weighted by atomic mass is 127. The van der Waals surface area contributed by atoms with E-state index in [9.17, 15) is 4.79 Å². The van der Waals surface area contributed by atoms with Gasteiger partial charge >= 0.3 is 0 Å². The fraction of sp³-hybridized carbons (Fsp3) is 0.176. The van der Waals surface area contributed by atoms with Gasteiger partial charge in [0.2, 0.25) is 5.75 Å². The van der Waals surface area contributed by atoms with Gasteiger partial charge in [-0.25, -0.2) is 5.43 Å². The third-order valence-electron chi connectivity index (χ3n) is 3.19. The van der Waals surface area contributed by atoms with Crippen molar-refractivity contribution >= 4 is 34.7 Å². The van der Waals surface area contributed by atoms with Crippen molar-refractivity contribution in [3.05, 3.63) is 51.1 Å². The van der Waals surface area contributed by atoms with Crippen molar-refractivity contribution in [3.63, 3.8) is 0 Å². The van der Waals surface area contributed by atoms with Gasteiger partial charge in [-0.2, -0.15) is 5.10 Å². The molecule has 2 aromatic carbocycles. The minimum Gasteiger partial charge on any atom is -0.493 e. The lowest BCUT2D eigenvalue weighted by atomic mass is 10.2. The molecule has 7 heteroatoms. The van der Waals surface area contributed by atoms with Crippen LogP contribution in [0.25, 0.3) is 0 Å². The molecule has 0 atom stereocenters. The number of amides is 1. The predicted octanol–water partition coefficient (Wildman–Crippen LogP) is 3.08. The summed E-state index contributed by atoms with van der Waals surface area (Å²) in [4.78, 5) is 12.1. The molecular weight excluding hydrogens is 423 g/mol. The van der Waals surface area contributed by atoms with Crippen molar-refractivity contribution in [3.8, 4) is 17.2 Å². The Morgan fingerprint density at radius 3 is 2.25 bits per heavy atom. The number of benzene rings is 2. The lowest BCUT2D eigenvalue weighted by Crippen LogP contribution is -2.18. The maximum atomic E-state index is 12.1. The number of rotatable bonds is 6. The third kappa shape index (κ3) is 4.16. The zero-order chi connectivity index (χ0) is 17.5. The molecule has 0 bridgehead atoms. The third-order valence-corrected chi connectivity index (χ3v) is 4.13. The molecule has 0 saturated heterocycles. The van der Waals surface area contributed by atoms with Crippen LogP contribution in [0, 0.1) is 3.57 Å². The molecule has 0 aliphatic carbocycles. The van der Waals surface area contributed by atoms with E-state index in [1.165, 1.54) is 27.5 Å². The van der Waals surface area contributed by atoms with Crippen LogP contribution in [0.5, 0.6) is 17.2 Å². The average molecular weight is 440 g/mol. The fourth-order valence-electron chi connectivity index (χ4n) is 2.05. The van der Waals surface area contributed by atoms with E-state index < -0.39 is 0 Å². The summed E-state index contributed by atoms with van der Waals surface area (Å²) in [6.07, 6.45) is 1.51. The molecule has 6 nitrogen and oxygen atoms in total. The van der Waals surface area contributed by atoms with Gasteiger partial charge in [-0.3, -0.25) is 4.79 Å². The average Bonchev–Trinajstić information content (AvgIpc) is 2.60. The van der Waals surface area contributed by atoms with Gasteiger partial charge in [0.1, 0.15) is 0 Å². The van der Waals surface area contributed by atoms with Gasteiger partial charge in [0.15, 0.2) is 11.5 Å². The maximum Gasteiger partial charge on any atom is 0.272 e. The Hall–Kier alpha value is -2.29. The largest absolute Gasteiger partial charge is 0.493 e. The minimum absolute atomic E-state index is 0.274. The molecule has 0 heterocycles. The zero-order valence-corrected chi connectivity index (χ0v) is 15.7. The molecule has 2 aromatic rings. The molecule has 0 radical (unpaired) electrons. The Morgan fingerprint density at radius 1 is 1.08 bits per heavy atom. The number of methoxy groups -OCH3 is 3. The van der Waals surface area contributed by atoms with E-state index in [0.717, 1.165) is 3.57 Å². The normalized spacial score (nSPS) is 10.5. The molecule has 0 aliphatic heterocycles. The zero-order valence-electron chi connectivity index (χ0n) is 13.5. The molecule has 126 valence electrons. The molecule has 24 heavy (non-hydrogen) atoms. The Labute approximate surface area is 153 Å². The summed E-state index contributed by atoms with van der Waals surface area (Å²) in [5.41, 5.74) is 3.78. The number of halogens is 1.